The van der Waals surface area contributed by atoms with E-state index < -0.39 is 11.8 Å². The number of halogens is 1. The second-order valence-electron chi connectivity index (χ2n) is 5.37. The molecule has 0 aromatic heterocycles. The van der Waals surface area contributed by atoms with E-state index >= 15 is 0 Å². The van der Waals surface area contributed by atoms with Gasteiger partial charge < -0.3 is 4.74 Å². The number of carbonyl (C=O) groups is 1. The lowest BCUT2D eigenvalue weighted by Crippen LogP contribution is -2.08. The average Bonchev–Trinajstić information content (AvgIpc) is 2.67. The van der Waals surface area contributed by atoms with Crippen molar-refractivity contribution in [2.24, 2.45) is 0 Å². The molecule has 0 aliphatic carbocycles. The molecule has 0 amide bonds. The third-order valence-corrected chi connectivity index (χ3v) is 3.80. The molecule has 3 aromatic carbocycles. The van der Waals surface area contributed by atoms with E-state index in [1.807, 2.05) is 0 Å². The fraction of sp³-hybridized carbons (Fsp3) is 0.0476. The summed E-state index contributed by atoms with van der Waals surface area (Å²) in [5, 5.41) is 9.28. The number of benzene rings is 3. The lowest BCUT2D eigenvalue weighted by Gasteiger charge is -2.11. The number of nitrogens with zero attached hydrogens (tertiary/aromatic N) is 1. The Kier molecular flexibility index (Phi) is 4.87. The van der Waals surface area contributed by atoms with E-state index in [0.717, 1.165) is 0 Å². The van der Waals surface area contributed by atoms with Crippen LogP contribution in [0.1, 0.15) is 21.5 Å². The van der Waals surface area contributed by atoms with Gasteiger partial charge in [-0.25, -0.2) is 9.18 Å². The molecule has 0 aliphatic rings. The van der Waals surface area contributed by atoms with Gasteiger partial charge in [0.2, 0.25) is 0 Å². The Hall–Kier alpha value is -3.45. The van der Waals surface area contributed by atoms with Gasteiger partial charge in [0.15, 0.2) is 0 Å². The molecular weight excluding hydrogens is 317 g/mol. The minimum absolute atomic E-state index is 0.153. The van der Waals surface area contributed by atoms with E-state index in [1.165, 1.54) is 6.07 Å². The van der Waals surface area contributed by atoms with E-state index in [9.17, 15) is 14.4 Å². The average molecular weight is 331 g/mol. The summed E-state index contributed by atoms with van der Waals surface area (Å²) in [5.74, 6) is -0.981. The third-order valence-electron chi connectivity index (χ3n) is 3.80. The topological polar surface area (TPSA) is 50.1 Å². The smallest absolute Gasteiger partial charge is 0.339 e. The van der Waals surface area contributed by atoms with Crippen LogP contribution in [0.4, 0.5) is 4.39 Å². The van der Waals surface area contributed by atoms with Gasteiger partial charge in [-0.1, -0.05) is 54.6 Å². The third kappa shape index (κ3) is 3.56. The fourth-order valence-corrected chi connectivity index (χ4v) is 2.55. The second kappa shape index (κ2) is 7.41. The monoisotopic (exact) mass is 331 g/mol. The Labute approximate surface area is 144 Å². The number of nitriles is 1. The molecule has 3 nitrogen and oxygen atoms in total. The lowest BCUT2D eigenvalue weighted by molar-refractivity contribution is 0.0470. The van der Waals surface area contributed by atoms with Gasteiger partial charge in [-0.2, -0.15) is 5.26 Å². The Morgan fingerprint density at radius 2 is 1.56 bits per heavy atom. The van der Waals surface area contributed by atoms with Crippen LogP contribution in [0, 0.1) is 17.1 Å². The van der Waals surface area contributed by atoms with Crippen molar-refractivity contribution in [1.29, 1.82) is 5.26 Å². The van der Waals surface area contributed by atoms with Gasteiger partial charge >= 0.3 is 5.97 Å². The predicted octanol–water partition coefficient (Wildman–Crippen LogP) is 4.72. The van der Waals surface area contributed by atoms with Crippen molar-refractivity contribution in [2.75, 3.05) is 0 Å². The lowest BCUT2D eigenvalue weighted by atomic mass is 9.96. The summed E-state index contributed by atoms with van der Waals surface area (Å²) in [7, 11) is 0. The van der Waals surface area contributed by atoms with E-state index in [4.69, 9.17) is 4.74 Å². The first kappa shape index (κ1) is 16.4. The van der Waals surface area contributed by atoms with Crippen LogP contribution in [0.2, 0.25) is 0 Å². The van der Waals surface area contributed by atoms with Crippen LogP contribution in [0.5, 0.6) is 0 Å². The van der Waals surface area contributed by atoms with Crippen LogP contribution in [-0.2, 0) is 11.3 Å². The van der Waals surface area contributed by atoms with Gasteiger partial charge in [0.05, 0.1) is 17.2 Å². The van der Waals surface area contributed by atoms with Gasteiger partial charge in [-0.3, -0.25) is 0 Å². The van der Waals surface area contributed by atoms with Crippen molar-refractivity contribution in [1.82, 2.24) is 0 Å². The van der Waals surface area contributed by atoms with Crippen molar-refractivity contribution >= 4 is 5.97 Å². The summed E-state index contributed by atoms with van der Waals surface area (Å²) in [4.78, 5) is 12.5. The largest absolute Gasteiger partial charge is 0.457 e. The molecule has 0 N–H and O–H groups in total. The van der Waals surface area contributed by atoms with Crippen LogP contribution < -0.4 is 0 Å². The van der Waals surface area contributed by atoms with E-state index in [0.29, 0.717) is 27.8 Å². The van der Waals surface area contributed by atoms with Gasteiger partial charge in [-0.05, 0) is 23.8 Å². The predicted molar refractivity (Wildman–Crippen MR) is 92.1 cm³/mol. The summed E-state index contributed by atoms with van der Waals surface area (Å²) in [6, 6.07) is 22.2. The first-order chi connectivity index (χ1) is 12.2. The maximum Gasteiger partial charge on any atom is 0.339 e. The van der Waals surface area contributed by atoms with Gasteiger partial charge in [0, 0.05) is 11.1 Å². The van der Waals surface area contributed by atoms with Crippen molar-refractivity contribution in [3.8, 4) is 17.2 Å². The molecule has 0 heterocycles. The molecule has 0 unspecified atom stereocenters. The fourth-order valence-electron chi connectivity index (χ4n) is 2.55. The summed E-state index contributed by atoms with van der Waals surface area (Å²) in [6.07, 6.45) is 0. The molecule has 4 heteroatoms. The van der Waals surface area contributed by atoms with Crippen molar-refractivity contribution in [3.05, 3.63) is 95.3 Å². The van der Waals surface area contributed by atoms with Crippen LogP contribution >= 0.6 is 0 Å². The molecule has 3 rings (SSSR count). The summed E-state index contributed by atoms with van der Waals surface area (Å²) in [5.41, 5.74) is 2.38. The highest BCUT2D eigenvalue weighted by Gasteiger charge is 2.16. The number of esters is 1. The number of carbonyl (C=O) groups excluding carboxylic acids is 1. The summed E-state index contributed by atoms with van der Waals surface area (Å²) >= 11 is 0. The Balaban J connectivity index is 1.90. The van der Waals surface area contributed by atoms with Crippen LogP contribution in [0.3, 0.4) is 0 Å². The molecule has 0 bridgehead atoms. The van der Waals surface area contributed by atoms with Crippen molar-refractivity contribution in [2.45, 2.75) is 6.61 Å². The molecule has 0 fully saturated rings. The van der Waals surface area contributed by atoms with Crippen LogP contribution in [0.25, 0.3) is 11.1 Å². The zero-order valence-electron chi connectivity index (χ0n) is 13.3. The summed E-state index contributed by atoms with van der Waals surface area (Å²) < 4.78 is 18.9. The van der Waals surface area contributed by atoms with E-state index in [-0.39, 0.29) is 6.61 Å². The van der Waals surface area contributed by atoms with Gasteiger partial charge in [0.1, 0.15) is 12.4 Å². The molecule has 0 saturated heterocycles. The molecule has 0 aliphatic heterocycles. The van der Waals surface area contributed by atoms with Gasteiger partial charge in [-0.15, -0.1) is 0 Å². The Bertz CT molecular complexity index is 960. The number of hydrogen-bond acceptors (Lipinski definition) is 3. The maximum atomic E-state index is 13.7. The van der Waals surface area contributed by atoms with E-state index in [2.05, 4.69) is 6.07 Å². The molecule has 0 spiro atoms. The zero-order valence-corrected chi connectivity index (χ0v) is 13.3. The molecule has 0 atom stereocenters. The van der Waals surface area contributed by atoms with Crippen LogP contribution in [-0.4, -0.2) is 5.97 Å². The highest BCUT2D eigenvalue weighted by atomic mass is 19.1. The standard InChI is InChI=1S/C21H14FNO2/c22-20-12-6-2-8-16(20)14-25-21(24)19-11-5-4-10-18(19)17-9-3-1-7-15(17)13-23/h1-12H,14H2. The number of ether oxygens (including phenoxy) is 1. The van der Waals surface area contributed by atoms with Crippen molar-refractivity contribution < 1.29 is 13.9 Å². The normalized spacial score (nSPS) is 10.1. The SMILES string of the molecule is N#Cc1ccccc1-c1ccccc1C(=O)OCc1ccccc1F. The minimum Gasteiger partial charge on any atom is -0.457 e. The number of hydrogen-bond donors (Lipinski definition) is 0. The Morgan fingerprint density at radius 3 is 2.32 bits per heavy atom. The highest BCUT2D eigenvalue weighted by Crippen LogP contribution is 2.27. The molecule has 3 aromatic rings. The summed E-state index contributed by atoms with van der Waals surface area (Å²) in [6.45, 7) is -0.153. The second-order valence-corrected chi connectivity index (χ2v) is 5.37. The first-order valence-corrected chi connectivity index (χ1v) is 7.70. The first-order valence-electron chi connectivity index (χ1n) is 7.70. The maximum absolute atomic E-state index is 13.7. The zero-order chi connectivity index (χ0) is 17.6. The van der Waals surface area contributed by atoms with Crippen LogP contribution in [0.15, 0.2) is 72.8 Å². The van der Waals surface area contributed by atoms with E-state index in [1.54, 1.807) is 66.7 Å². The Morgan fingerprint density at radius 1 is 0.920 bits per heavy atom. The molecular formula is C21H14FNO2. The quantitative estimate of drug-likeness (QED) is 0.650. The highest BCUT2D eigenvalue weighted by molar-refractivity contribution is 5.98. The van der Waals surface area contributed by atoms with Crippen molar-refractivity contribution in [3.63, 3.8) is 0 Å². The minimum atomic E-state index is -0.563. The molecule has 25 heavy (non-hydrogen) atoms. The molecule has 0 saturated carbocycles. The molecule has 0 radical (unpaired) electrons. The number of rotatable bonds is 4. The van der Waals surface area contributed by atoms with Gasteiger partial charge in [0.25, 0.3) is 0 Å². The molecule has 122 valence electrons.